The van der Waals surface area contributed by atoms with Gasteiger partial charge in [-0.15, -0.1) is 0 Å². The normalized spacial score (nSPS) is 8.12. The summed E-state index contributed by atoms with van der Waals surface area (Å²) >= 11 is 5.09. The van der Waals surface area contributed by atoms with Gasteiger partial charge in [-0.25, -0.2) is 0 Å². The molecule has 0 fully saturated rings. The van der Waals surface area contributed by atoms with E-state index in [2.05, 4.69) is 13.2 Å². The van der Waals surface area contributed by atoms with Crippen molar-refractivity contribution >= 4 is 11.6 Å². The Kier molecular flexibility index (Phi) is 2.21. The average molecular weight is 134 g/mol. The number of hydrogen-bond donors (Lipinski definition) is 0. The number of rotatable bonds is 2. The van der Waals surface area contributed by atoms with E-state index in [0.717, 1.165) is 0 Å². The van der Waals surface area contributed by atoms with Crippen molar-refractivity contribution in [1.82, 2.24) is 0 Å². The van der Waals surface area contributed by atoms with Crippen LogP contribution in [0.1, 0.15) is 0 Å². The Morgan fingerprint density at radius 2 is 2.00 bits per heavy atom. The first-order valence-electron chi connectivity index (χ1n) is 1.73. The predicted molar refractivity (Wildman–Crippen MR) is 31.1 cm³/mol. The first-order chi connectivity index (χ1) is 3.55. The molecule has 0 saturated heterocycles. The summed E-state index contributed by atoms with van der Waals surface area (Å²) < 4.78 is 0. The lowest BCUT2D eigenvalue weighted by Crippen LogP contribution is -1.94. The van der Waals surface area contributed by atoms with Crippen molar-refractivity contribution in [2.24, 2.45) is 0 Å². The number of nitrogens with zero attached hydrogens (tertiary/aromatic N) is 1. The third kappa shape index (κ3) is 1.75. The van der Waals surface area contributed by atoms with E-state index in [-0.39, 0.29) is 10.7 Å². The Bertz CT molecular complexity index is 136. The average Bonchev–Trinajstić information content (AvgIpc) is 1.64. The highest BCUT2D eigenvalue weighted by molar-refractivity contribution is 6.31. The van der Waals surface area contributed by atoms with Gasteiger partial charge in [0.2, 0.25) is 0 Å². The third-order valence-corrected chi connectivity index (χ3v) is 0.752. The minimum atomic E-state index is -0.685. The van der Waals surface area contributed by atoms with Crippen molar-refractivity contribution in [3.63, 3.8) is 0 Å². The highest BCUT2D eigenvalue weighted by Crippen LogP contribution is 2.08. The summed E-state index contributed by atoms with van der Waals surface area (Å²) in [5, 5.41) is 9.57. The molecule has 0 aromatic heterocycles. The minimum Gasteiger partial charge on any atom is -0.258 e. The molecule has 0 radical (unpaired) electrons. The maximum absolute atomic E-state index is 9.70. The van der Waals surface area contributed by atoms with Crippen LogP contribution in [0.3, 0.4) is 0 Å². The van der Waals surface area contributed by atoms with Gasteiger partial charge in [0.1, 0.15) is 5.03 Å². The van der Waals surface area contributed by atoms with E-state index in [1.54, 1.807) is 0 Å². The van der Waals surface area contributed by atoms with Crippen LogP contribution >= 0.6 is 11.6 Å². The number of nitro groups is 1. The molecule has 0 spiro atoms. The van der Waals surface area contributed by atoms with Crippen molar-refractivity contribution in [3.05, 3.63) is 34.0 Å². The molecule has 0 aliphatic carbocycles. The van der Waals surface area contributed by atoms with E-state index in [0.29, 0.717) is 0 Å². The van der Waals surface area contributed by atoms with Gasteiger partial charge in [0.25, 0.3) is 5.70 Å². The van der Waals surface area contributed by atoms with Crippen LogP contribution in [0, 0.1) is 10.1 Å². The molecule has 0 N–H and O–H groups in total. The largest absolute Gasteiger partial charge is 0.280 e. The zero-order valence-electron chi connectivity index (χ0n) is 4.06. The van der Waals surface area contributed by atoms with E-state index in [4.69, 9.17) is 11.6 Å². The molecule has 0 aliphatic heterocycles. The minimum absolute atomic E-state index is 0.130. The fourth-order valence-corrected chi connectivity index (χ4v) is 0.168. The monoisotopic (exact) mass is 133 g/mol. The zero-order valence-corrected chi connectivity index (χ0v) is 4.81. The Balaban J connectivity index is 4.05. The van der Waals surface area contributed by atoms with Crippen LogP contribution in [0.15, 0.2) is 23.9 Å². The van der Waals surface area contributed by atoms with Gasteiger partial charge in [0.15, 0.2) is 0 Å². The molecule has 0 amide bonds. The van der Waals surface area contributed by atoms with Crippen LogP contribution in [-0.4, -0.2) is 4.92 Å². The molecule has 0 aromatic carbocycles. The van der Waals surface area contributed by atoms with Crippen LogP contribution in [0.2, 0.25) is 0 Å². The second-order valence-corrected chi connectivity index (χ2v) is 1.56. The first kappa shape index (κ1) is 7.17. The molecular weight excluding hydrogens is 130 g/mol. The molecule has 0 aliphatic rings. The molecule has 0 bridgehead atoms. The van der Waals surface area contributed by atoms with Gasteiger partial charge in [-0.05, 0) is 6.58 Å². The van der Waals surface area contributed by atoms with Crippen molar-refractivity contribution in [2.75, 3.05) is 0 Å². The van der Waals surface area contributed by atoms with E-state index < -0.39 is 4.92 Å². The molecule has 0 heterocycles. The van der Waals surface area contributed by atoms with Crippen molar-refractivity contribution in [1.29, 1.82) is 0 Å². The standard InChI is InChI=1S/C4H4ClNO2/c1-3(5)4(2)6(7)8/h1-2H2. The number of halogens is 1. The quantitative estimate of drug-likeness (QED) is 0.326. The number of allylic oxidation sites excluding steroid dienone is 1. The summed E-state index contributed by atoms with van der Waals surface area (Å²) in [5.41, 5.74) is -0.355. The summed E-state index contributed by atoms with van der Waals surface area (Å²) in [6, 6.07) is 0. The second kappa shape index (κ2) is 2.47. The molecule has 44 valence electrons. The molecule has 4 heteroatoms. The van der Waals surface area contributed by atoms with Gasteiger partial charge >= 0.3 is 0 Å². The van der Waals surface area contributed by atoms with Crippen LogP contribution in [0.5, 0.6) is 0 Å². The van der Waals surface area contributed by atoms with Gasteiger partial charge < -0.3 is 0 Å². The van der Waals surface area contributed by atoms with Crippen LogP contribution in [-0.2, 0) is 0 Å². The second-order valence-electron chi connectivity index (χ2n) is 1.11. The smallest absolute Gasteiger partial charge is 0.258 e. The summed E-state index contributed by atoms with van der Waals surface area (Å²) in [6.45, 7) is 6.12. The lowest BCUT2D eigenvalue weighted by atomic mass is 10.5. The third-order valence-electron chi connectivity index (χ3n) is 0.534. The summed E-state index contributed by atoms with van der Waals surface area (Å²) in [6.07, 6.45) is 0. The summed E-state index contributed by atoms with van der Waals surface area (Å²) in [5.74, 6) is 0. The Labute approximate surface area is 51.4 Å². The van der Waals surface area contributed by atoms with Gasteiger partial charge in [-0.2, -0.15) is 0 Å². The highest BCUT2D eigenvalue weighted by atomic mass is 35.5. The lowest BCUT2D eigenvalue weighted by molar-refractivity contribution is -0.419. The van der Waals surface area contributed by atoms with E-state index >= 15 is 0 Å². The fraction of sp³-hybridized carbons (Fsp3) is 0. The van der Waals surface area contributed by atoms with Gasteiger partial charge in [-0.1, -0.05) is 18.2 Å². The number of hydrogen-bond acceptors (Lipinski definition) is 2. The van der Waals surface area contributed by atoms with E-state index in [1.807, 2.05) is 0 Å². The fourth-order valence-electron chi connectivity index (χ4n) is 0.0991. The van der Waals surface area contributed by atoms with Gasteiger partial charge in [-0.3, -0.25) is 10.1 Å². The van der Waals surface area contributed by atoms with E-state index in [9.17, 15) is 10.1 Å². The van der Waals surface area contributed by atoms with Crippen LogP contribution in [0.4, 0.5) is 0 Å². The molecule has 0 aromatic rings. The molecule has 0 saturated carbocycles. The maximum atomic E-state index is 9.70. The topological polar surface area (TPSA) is 43.1 Å². The Morgan fingerprint density at radius 1 is 1.62 bits per heavy atom. The van der Waals surface area contributed by atoms with E-state index in [1.165, 1.54) is 0 Å². The van der Waals surface area contributed by atoms with Crippen molar-refractivity contribution in [2.45, 2.75) is 0 Å². The summed E-state index contributed by atoms with van der Waals surface area (Å²) in [7, 11) is 0. The van der Waals surface area contributed by atoms with Crippen molar-refractivity contribution in [3.8, 4) is 0 Å². The molecular formula is C4H4ClNO2. The van der Waals surface area contributed by atoms with Gasteiger partial charge in [0, 0.05) is 0 Å². The first-order valence-corrected chi connectivity index (χ1v) is 2.11. The molecule has 3 nitrogen and oxygen atoms in total. The van der Waals surface area contributed by atoms with Crippen LogP contribution < -0.4 is 0 Å². The highest BCUT2D eigenvalue weighted by Gasteiger charge is 2.06. The van der Waals surface area contributed by atoms with Crippen molar-refractivity contribution < 1.29 is 4.92 Å². The maximum Gasteiger partial charge on any atom is 0.280 e. The van der Waals surface area contributed by atoms with Gasteiger partial charge in [0.05, 0.1) is 4.92 Å². The van der Waals surface area contributed by atoms with Crippen LogP contribution in [0.25, 0.3) is 0 Å². The molecule has 0 atom stereocenters. The SMILES string of the molecule is C=C(Cl)C(=C)[N+](=O)[O-]. The Hall–Kier alpha value is -0.830. The lowest BCUT2D eigenvalue weighted by Gasteiger charge is -1.87. The molecule has 0 unspecified atom stereocenters. The molecule has 0 rings (SSSR count). The zero-order chi connectivity index (χ0) is 6.73. The summed E-state index contributed by atoms with van der Waals surface area (Å²) in [4.78, 5) is 9.02. The Morgan fingerprint density at radius 3 is 2.00 bits per heavy atom. The molecule has 8 heavy (non-hydrogen) atoms. The predicted octanol–water partition coefficient (Wildman–Crippen LogP) is 1.53.